The number of hydrogen-bond donors (Lipinski definition) is 0. The molecule has 2 unspecified atom stereocenters. The molecule has 44 heavy (non-hydrogen) atoms. The number of rotatable bonds is 9. The third kappa shape index (κ3) is 5.55. The largest absolute Gasteiger partial charge is 0.453 e. The molecule has 0 saturated heterocycles. The zero-order valence-corrected chi connectivity index (χ0v) is 22.9. The van der Waals surface area contributed by atoms with E-state index in [1.54, 1.807) is 48.5 Å². The molecular formula is C32H22N4O8. The summed E-state index contributed by atoms with van der Waals surface area (Å²) in [6, 6.07) is 25.5. The van der Waals surface area contributed by atoms with E-state index in [1.165, 1.54) is 48.5 Å². The Morgan fingerprint density at radius 2 is 0.955 bits per heavy atom. The molecular weight excluding hydrogens is 568 g/mol. The maximum atomic E-state index is 12.5. The first-order valence-electron chi connectivity index (χ1n) is 13.5. The normalized spacial score (nSPS) is 17.5. The summed E-state index contributed by atoms with van der Waals surface area (Å²) in [6.45, 7) is 0. The maximum Gasteiger partial charge on any atom is 0.339 e. The van der Waals surface area contributed by atoms with Crippen LogP contribution in [-0.2, 0) is 9.47 Å². The Bertz CT molecular complexity index is 1730. The molecule has 0 radical (unpaired) electrons. The zero-order chi connectivity index (χ0) is 30.8. The van der Waals surface area contributed by atoms with Crippen LogP contribution >= 0.6 is 0 Å². The van der Waals surface area contributed by atoms with Crippen LogP contribution in [0.3, 0.4) is 0 Å². The molecule has 218 valence electrons. The van der Waals surface area contributed by atoms with Crippen LogP contribution in [0, 0.1) is 20.2 Å². The Morgan fingerprint density at radius 3 is 1.32 bits per heavy atom. The molecule has 2 heterocycles. The smallest absolute Gasteiger partial charge is 0.339 e. The summed E-state index contributed by atoms with van der Waals surface area (Å²) < 4.78 is 11.3. The van der Waals surface area contributed by atoms with Gasteiger partial charge in [-0.1, -0.05) is 36.4 Å². The monoisotopic (exact) mass is 590 g/mol. The number of nitro benzene ring substituents is 2. The maximum absolute atomic E-state index is 12.5. The number of cyclic esters (lactones) is 2. The SMILES string of the molecule is O=C1OC(C/C(=N/N=C(\CC2OC(=O)c3ccccc32)c2ccc([N+](=O)[O-])cc2)c2ccc([N+](=O)[O-])cc2)c2ccccc21. The number of nitrogens with zero attached hydrogens (tertiary/aromatic N) is 4. The minimum Gasteiger partial charge on any atom is -0.453 e. The van der Waals surface area contributed by atoms with Crippen LogP contribution < -0.4 is 0 Å². The summed E-state index contributed by atoms with van der Waals surface area (Å²) >= 11 is 0. The van der Waals surface area contributed by atoms with Gasteiger partial charge in [0.15, 0.2) is 0 Å². The molecule has 0 N–H and O–H groups in total. The molecule has 0 amide bonds. The van der Waals surface area contributed by atoms with Crippen molar-refractivity contribution in [3.05, 3.63) is 151 Å². The van der Waals surface area contributed by atoms with Crippen molar-refractivity contribution >= 4 is 34.7 Å². The molecule has 0 bridgehead atoms. The number of benzene rings is 4. The molecule has 12 nitrogen and oxygen atoms in total. The molecule has 2 aliphatic rings. The van der Waals surface area contributed by atoms with Crippen molar-refractivity contribution in [3.8, 4) is 0 Å². The highest BCUT2D eigenvalue weighted by Crippen LogP contribution is 2.36. The molecule has 12 heteroatoms. The highest BCUT2D eigenvalue weighted by atomic mass is 16.6. The number of carbonyl (C=O) groups is 2. The molecule has 2 atom stereocenters. The van der Waals surface area contributed by atoms with E-state index in [4.69, 9.17) is 9.47 Å². The Kier molecular flexibility index (Phi) is 7.46. The summed E-state index contributed by atoms with van der Waals surface area (Å²) in [7, 11) is 0. The molecule has 4 aromatic rings. The van der Waals surface area contributed by atoms with E-state index in [-0.39, 0.29) is 24.2 Å². The van der Waals surface area contributed by atoms with Gasteiger partial charge in [-0.15, -0.1) is 0 Å². The Labute approximate surface area is 249 Å². The van der Waals surface area contributed by atoms with Crippen molar-refractivity contribution in [2.24, 2.45) is 10.2 Å². The van der Waals surface area contributed by atoms with Crippen LogP contribution in [0.25, 0.3) is 0 Å². The minimum absolute atomic E-state index is 0.109. The number of hydrogen-bond acceptors (Lipinski definition) is 10. The van der Waals surface area contributed by atoms with E-state index in [1.807, 2.05) is 0 Å². The fourth-order valence-corrected chi connectivity index (χ4v) is 5.20. The summed E-state index contributed by atoms with van der Waals surface area (Å²) in [5.41, 5.74) is 3.80. The molecule has 0 aliphatic carbocycles. The van der Waals surface area contributed by atoms with Gasteiger partial charge in [-0.05, 0) is 47.5 Å². The molecule has 4 aromatic carbocycles. The van der Waals surface area contributed by atoms with Gasteiger partial charge in [-0.3, -0.25) is 20.2 Å². The number of fused-ring (bicyclic) bond motifs is 2. The zero-order valence-electron chi connectivity index (χ0n) is 22.9. The van der Waals surface area contributed by atoms with E-state index < -0.39 is 34.0 Å². The average molecular weight is 591 g/mol. The molecule has 0 aromatic heterocycles. The third-order valence-electron chi connectivity index (χ3n) is 7.43. The van der Waals surface area contributed by atoms with Crippen molar-refractivity contribution in [2.45, 2.75) is 25.0 Å². The third-order valence-corrected chi connectivity index (χ3v) is 7.43. The lowest BCUT2D eigenvalue weighted by Gasteiger charge is -2.14. The lowest BCUT2D eigenvalue weighted by Crippen LogP contribution is -2.11. The van der Waals surface area contributed by atoms with Crippen LogP contribution in [-0.4, -0.2) is 33.2 Å². The van der Waals surface area contributed by atoms with Crippen LogP contribution in [0.1, 0.15) is 68.0 Å². The van der Waals surface area contributed by atoms with Gasteiger partial charge in [0.05, 0.1) is 32.4 Å². The average Bonchev–Trinajstić information content (AvgIpc) is 3.53. The quantitative estimate of drug-likeness (QED) is 0.0948. The summed E-state index contributed by atoms with van der Waals surface area (Å²) in [5.74, 6) is -0.934. The number of ether oxygens (including phenoxy) is 2. The van der Waals surface area contributed by atoms with Gasteiger partial charge in [0, 0.05) is 48.2 Å². The van der Waals surface area contributed by atoms with Crippen LogP contribution in [0.2, 0.25) is 0 Å². The van der Waals surface area contributed by atoms with E-state index in [2.05, 4.69) is 10.2 Å². The van der Waals surface area contributed by atoms with Crippen LogP contribution in [0.5, 0.6) is 0 Å². The highest BCUT2D eigenvalue weighted by Gasteiger charge is 2.33. The van der Waals surface area contributed by atoms with E-state index in [0.29, 0.717) is 44.8 Å². The standard InChI is InChI=1S/C32H22N4O8/c37-31-25-7-3-1-5-23(25)29(43-31)17-27(19-9-13-21(14-10-19)35(39)40)33-34-28(20-11-15-22(16-12-20)36(41)42)18-30-24-6-2-4-8-26(24)32(38)44-30/h1-16,29-30H,17-18H2/b33-27-,34-28+. The fourth-order valence-electron chi connectivity index (χ4n) is 5.20. The summed E-state index contributed by atoms with van der Waals surface area (Å²) in [6.07, 6.45) is -1.13. The lowest BCUT2D eigenvalue weighted by molar-refractivity contribution is -0.385. The van der Waals surface area contributed by atoms with Gasteiger partial charge >= 0.3 is 11.9 Å². The predicted octanol–water partition coefficient (Wildman–Crippen LogP) is 6.30. The first-order valence-corrected chi connectivity index (χ1v) is 13.5. The molecule has 0 fully saturated rings. The minimum atomic E-state index is -0.673. The van der Waals surface area contributed by atoms with Gasteiger partial charge in [-0.25, -0.2) is 9.59 Å². The number of esters is 2. The van der Waals surface area contributed by atoms with Gasteiger partial charge in [0.2, 0.25) is 0 Å². The van der Waals surface area contributed by atoms with Gasteiger partial charge < -0.3 is 9.47 Å². The van der Waals surface area contributed by atoms with E-state index in [9.17, 15) is 29.8 Å². The molecule has 6 rings (SSSR count). The Balaban J connectivity index is 1.42. The van der Waals surface area contributed by atoms with Gasteiger partial charge in [0.1, 0.15) is 12.2 Å². The fraction of sp³-hybridized carbons (Fsp3) is 0.125. The Morgan fingerprint density at radius 1 is 0.591 bits per heavy atom. The lowest BCUT2D eigenvalue weighted by atomic mass is 9.97. The topological polar surface area (TPSA) is 164 Å². The van der Waals surface area contributed by atoms with Crippen molar-refractivity contribution in [1.82, 2.24) is 0 Å². The first kappa shape index (κ1) is 28.1. The van der Waals surface area contributed by atoms with Crippen molar-refractivity contribution in [2.75, 3.05) is 0 Å². The summed E-state index contributed by atoms with van der Waals surface area (Å²) in [5, 5.41) is 31.6. The van der Waals surface area contributed by atoms with Crippen molar-refractivity contribution < 1.29 is 28.9 Å². The molecule has 0 saturated carbocycles. The first-order chi connectivity index (χ1) is 21.3. The number of non-ortho nitro benzene ring substituents is 2. The van der Waals surface area contributed by atoms with Crippen LogP contribution in [0.4, 0.5) is 11.4 Å². The van der Waals surface area contributed by atoms with E-state index >= 15 is 0 Å². The molecule has 2 aliphatic heterocycles. The Hall–Kier alpha value is -6.04. The number of nitro groups is 2. The second-order valence-electron chi connectivity index (χ2n) is 10.1. The van der Waals surface area contributed by atoms with Crippen molar-refractivity contribution in [3.63, 3.8) is 0 Å². The van der Waals surface area contributed by atoms with Crippen molar-refractivity contribution in [1.29, 1.82) is 0 Å². The predicted molar refractivity (Wildman–Crippen MR) is 158 cm³/mol. The summed E-state index contributed by atoms with van der Waals surface area (Å²) in [4.78, 5) is 46.5. The molecule has 0 spiro atoms. The second-order valence-corrected chi connectivity index (χ2v) is 10.1. The van der Waals surface area contributed by atoms with Crippen LogP contribution in [0.15, 0.2) is 107 Å². The van der Waals surface area contributed by atoms with Gasteiger partial charge in [-0.2, -0.15) is 10.2 Å². The second kappa shape index (κ2) is 11.7. The van der Waals surface area contributed by atoms with Gasteiger partial charge in [0.25, 0.3) is 11.4 Å². The van der Waals surface area contributed by atoms with E-state index in [0.717, 1.165) is 0 Å². The number of carbonyl (C=O) groups excluding carboxylic acids is 2. The highest BCUT2D eigenvalue weighted by molar-refractivity contribution is 6.05.